The van der Waals surface area contributed by atoms with E-state index in [4.69, 9.17) is 0 Å². The smallest absolute Gasteiger partial charge is 0.341 e. The van der Waals surface area contributed by atoms with Crippen LogP contribution in [0.3, 0.4) is 0 Å². The van der Waals surface area contributed by atoms with Crippen LogP contribution in [0.4, 0.5) is 5.69 Å². The zero-order valence-electron chi connectivity index (χ0n) is 12.7. The van der Waals surface area contributed by atoms with Gasteiger partial charge in [0, 0.05) is 19.0 Å². The van der Waals surface area contributed by atoms with Gasteiger partial charge in [0.15, 0.2) is 6.17 Å². The number of hydrogen-bond acceptors (Lipinski definition) is 2. The van der Waals surface area contributed by atoms with E-state index in [-0.39, 0.29) is 0 Å². The van der Waals surface area contributed by atoms with E-state index in [9.17, 15) is 9.90 Å². The van der Waals surface area contributed by atoms with E-state index in [1.807, 2.05) is 24.4 Å². The van der Waals surface area contributed by atoms with Gasteiger partial charge in [-0.3, -0.25) is 4.90 Å². The minimum absolute atomic E-state index is 0.335. The first-order valence-electron chi connectivity index (χ1n) is 7.74. The van der Waals surface area contributed by atoms with E-state index in [1.165, 1.54) is 12.8 Å². The van der Waals surface area contributed by atoms with E-state index >= 15 is 0 Å². The molecule has 0 unspecified atom stereocenters. The second kappa shape index (κ2) is 5.28. The highest BCUT2D eigenvalue weighted by atomic mass is 16.4. The van der Waals surface area contributed by atoms with Crippen molar-refractivity contribution in [2.45, 2.75) is 32.4 Å². The Bertz CT molecular complexity index is 596. The Kier molecular flexibility index (Phi) is 3.59. The molecule has 0 spiro atoms. The summed E-state index contributed by atoms with van der Waals surface area (Å²) in [5, 5.41) is 9.56. The molecule has 2 heterocycles. The molecule has 4 heteroatoms. The van der Waals surface area contributed by atoms with Gasteiger partial charge in [0.05, 0.1) is 12.1 Å². The number of nitrogens with zero attached hydrogens (tertiary/aromatic N) is 2. The van der Waals surface area contributed by atoms with Gasteiger partial charge in [0.1, 0.15) is 17.5 Å². The van der Waals surface area contributed by atoms with Gasteiger partial charge in [-0.25, -0.2) is 9.28 Å². The summed E-state index contributed by atoms with van der Waals surface area (Å²) in [5.41, 5.74) is 2.47. The number of carbonyl (C=O) groups is 1. The summed E-state index contributed by atoms with van der Waals surface area (Å²) in [7, 11) is 2.16. The zero-order valence-corrected chi connectivity index (χ0v) is 12.7. The van der Waals surface area contributed by atoms with E-state index in [0.717, 1.165) is 30.8 Å². The predicted octanol–water partition coefficient (Wildman–Crippen LogP) is 2.89. The molecule has 1 aromatic carbocycles. The lowest BCUT2D eigenvalue weighted by atomic mass is 10.0. The Balaban J connectivity index is 2.15. The van der Waals surface area contributed by atoms with E-state index in [0.29, 0.717) is 16.2 Å². The highest BCUT2D eigenvalue weighted by Gasteiger charge is 2.47. The van der Waals surface area contributed by atoms with Crippen molar-refractivity contribution in [3.05, 3.63) is 36.0 Å². The van der Waals surface area contributed by atoms with Crippen molar-refractivity contribution in [3.63, 3.8) is 0 Å². The minimum atomic E-state index is -0.825. The lowest BCUT2D eigenvalue weighted by molar-refractivity contribution is -0.130. The molecule has 2 aliphatic rings. The topological polar surface area (TPSA) is 40.5 Å². The molecule has 1 saturated heterocycles. The molecule has 0 saturated carbocycles. The van der Waals surface area contributed by atoms with Crippen molar-refractivity contribution < 1.29 is 9.90 Å². The maximum atomic E-state index is 11.6. The molecule has 0 aromatic heterocycles. The number of aliphatic carboxylic acids is 1. The fourth-order valence-corrected chi connectivity index (χ4v) is 3.96. The van der Waals surface area contributed by atoms with Crippen molar-refractivity contribution >= 4 is 17.2 Å². The summed E-state index contributed by atoms with van der Waals surface area (Å²) in [6, 6.07) is 7.97. The number of benzene rings is 1. The van der Waals surface area contributed by atoms with Crippen molar-refractivity contribution in [1.82, 2.24) is 9.38 Å². The third kappa shape index (κ3) is 2.10. The van der Waals surface area contributed by atoms with Gasteiger partial charge < -0.3 is 5.11 Å². The van der Waals surface area contributed by atoms with Gasteiger partial charge in [0.2, 0.25) is 0 Å². The maximum absolute atomic E-state index is 11.6. The number of carboxylic acid groups (broad SMARTS) is 1. The molecule has 0 aliphatic carbocycles. The molecule has 0 radical (unpaired) electrons. The SMILES string of the molecule is CC[N@@+]1([C@@H]2CCCCN2C)C=C(C(=O)O)c2ccccc21. The molecule has 1 fully saturated rings. The summed E-state index contributed by atoms with van der Waals surface area (Å²) < 4.78 is 0.647. The average Bonchev–Trinajstić information content (AvgIpc) is 2.84. The molecular weight excluding hydrogens is 264 g/mol. The van der Waals surface area contributed by atoms with Crippen LogP contribution in [0.1, 0.15) is 31.7 Å². The van der Waals surface area contributed by atoms with Gasteiger partial charge in [-0.15, -0.1) is 0 Å². The second-order valence-electron chi connectivity index (χ2n) is 6.07. The maximum Gasteiger partial charge on any atom is 0.341 e. The number of rotatable bonds is 3. The van der Waals surface area contributed by atoms with Crippen LogP contribution in [0.5, 0.6) is 0 Å². The fourth-order valence-electron chi connectivity index (χ4n) is 3.96. The number of para-hydroxylation sites is 1. The Morgan fingerprint density at radius 3 is 2.81 bits per heavy atom. The van der Waals surface area contributed by atoms with E-state index in [1.54, 1.807) is 0 Å². The molecule has 112 valence electrons. The molecule has 0 amide bonds. The van der Waals surface area contributed by atoms with Gasteiger partial charge in [-0.1, -0.05) is 12.1 Å². The summed E-state index contributed by atoms with van der Waals surface area (Å²) in [6.07, 6.45) is 5.87. The molecule has 1 aromatic rings. The van der Waals surface area contributed by atoms with Crippen LogP contribution in [0.25, 0.3) is 5.57 Å². The third-order valence-electron chi connectivity index (χ3n) is 5.02. The lowest BCUT2D eigenvalue weighted by Gasteiger charge is -2.45. The lowest BCUT2D eigenvalue weighted by Crippen LogP contribution is -2.60. The summed E-state index contributed by atoms with van der Waals surface area (Å²) in [6.45, 7) is 4.12. The monoisotopic (exact) mass is 287 g/mol. The molecule has 21 heavy (non-hydrogen) atoms. The average molecular weight is 287 g/mol. The van der Waals surface area contributed by atoms with Crippen molar-refractivity contribution in [2.24, 2.45) is 0 Å². The van der Waals surface area contributed by atoms with E-state index < -0.39 is 5.97 Å². The molecular formula is C17H23N2O2+. The molecule has 3 rings (SSSR count). The highest BCUT2D eigenvalue weighted by molar-refractivity contribution is 6.19. The van der Waals surface area contributed by atoms with Crippen molar-refractivity contribution in [3.8, 4) is 0 Å². The van der Waals surface area contributed by atoms with Crippen LogP contribution in [-0.4, -0.2) is 42.3 Å². The number of quaternary nitrogens is 1. The minimum Gasteiger partial charge on any atom is -0.477 e. The number of piperidine rings is 1. The standard InChI is InChI=1S/C17H22N2O2/c1-3-19(16-10-6-7-11-18(16)2)12-14(17(20)21)13-8-4-5-9-15(13)19/h4-5,8-9,12,16H,3,6-7,10-11H2,1-2H3/p+1/t16-,19-/m1/s1. The van der Waals surface area contributed by atoms with Gasteiger partial charge in [0.25, 0.3) is 0 Å². The summed E-state index contributed by atoms with van der Waals surface area (Å²) in [4.78, 5) is 14.0. The molecule has 1 N–H and O–H groups in total. The first kappa shape index (κ1) is 14.3. The summed E-state index contributed by atoms with van der Waals surface area (Å²) in [5.74, 6) is -0.825. The largest absolute Gasteiger partial charge is 0.477 e. The van der Waals surface area contributed by atoms with Gasteiger partial charge in [-0.2, -0.15) is 0 Å². The van der Waals surface area contributed by atoms with Crippen LogP contribution in [0, 0.1) is 0 Å². The van der Waals surface area contributed by atoms with Crippen molar-refractivity contribution in [2.75, 3.05) is 20.1 Å². The Hall–Kier alpha value is -1.65. The third-order valence-corrected chi connectivity index (χ3v) is 5.02. The van der Waals surface area contributed by atoms with E-state index in [2.05, 4.69) is 24.9 Å². The van der Waals surface area contributed by atoms with Crippen LogP contribution < -0.4 is 4.48 Å². The molecule has 4 nitrogen and oxygen atoms in total. The Labute approximate surface area is 125 Å². The number of likely N-dealkylation sites (tertiary alicyclic amines) is 1. The number of carboxylic acids is 1. The van der Waals surface area contributed by atoms with Gasteiger partial charge >= 0.3 is 5.97 Å². The van der Waals surface area contributed by atoms with Crippen LogP contribution in [0.15, 0.2) is 30.5 Å². The number of fused-ring (bicyclic) bond motifs is 1. The van der Waals surface area contributed by atoms with Crippen LogP contribution in [-0.2, 0) is 4.79 Å². The normalized spacial score (nSPS) is 29.0. The Morgan fingerprint density at radius 1 is 1.38 bits per heavy atom. The predicted molar refractivity (Wildman–Crippen MR) is 84.7 cm³/mol. The second-order valence-corrected chi connectivity index (χ2v) is 6.07. The van der Waals surface area contributed by atoms with Gasteiger partial charge in [-0.05, 0) is 32.9 Å². The summed E-state index contributed by atoms with van der Waals surface area (Å²) >= 11 is 0. The first-order valence-corrected chi connectivity index (χ1v) is 7.74. The van der Waals surface area contributed by atoms with Crippen LogP contribution >= 0.6 is 0 Å². The molecule has 2 atom stereocenters. The van der Waals surface area contributed by atoms with Crippen molar-refractivity contribution in [1.29, 1.82) is 0 Å². The fraction of sp³-hybridized carbons (Fsp3) is 0.471. The quantitative estimate of drug-likeness (QED) is 0.869. The highest BCUT2D eigenvalue weighted by Crippen LogP contribution is 2.44. The Morgan fingerprint density at radius 2 is 2.14 bits per heavy atom. The first-order chi connectivity index (χ1) is 10.1. The molecule has 2 aliphatic heterocycles. The zero-order chi connectivity index (χ0) is 15.0. The van der Waals surface area contributed by atoms with Crippen LogP contribution in [0.2, 0.25) is 0 Å². The molecule has 0 bridgehead atoms. The number of hydrogen-bond donors (Lipinski definition) is 1.